The van der Waals surface area contributed by atoms with Crippen LogP contribution in [0, 0.1) is 5.82 Å². The van der Waals surface area contributed by atoms with E-state index in [2.05, 4.69) is 9.71 Å². The monoisotopic (exact) mass is 295 g/mol. The summed E-state index contributed by atoms with van der Waals surface area (Å²) in [5.74, 6) is -0.762. The Morgan fingerprint density at radius 1 is 1.30 bits per heavy atom. The van der Waals surface area contributed by atoms with E-state index in [-0.39, 0.29) is 4.90 Å². The van der Waals surface area contributed by atoms with E-state index >= 15 is 0 Å². The van der Waals surface area contributed by atoms with Crippen molar-refractivity contribution in [2.45, 2.75) is 17.9 Å². The van der Waals surface area contributed by atoms with Gasteiger partial charge in [-0.15, -0.1) is 0 Å². The molecule has 1 heterocycles. The SMILES string of the molecule is CC(NS(=O)(=O)c1cccc(F)c1N)c1cccnc1. The number of aromatic nitrogens is 1. The van der Waals surface area contributed by atoms with Gasteiger partial charge >= 0.3 is 0 Å². The number of rotatable bonds is 4. The topological polar surface area (TPSA) is 85.1 Å². The van der Waals surface area contributed by atoms with Crippen molar-refractivity contribution in [1.29, 1.82) is 0 Å². The highest BCUT2D eigenvalue weighted by atomic mass is 32.2. The highest BCUT2D eigenvalue weighted by molar-refractivity contribution is 7.89. The quantitative estimate of drug-likeness (QED) is 0.843. The first-order valence-corrected chi connectivity index (χ1v) is 7.36. The number of halogens is 1. The third-order valence-electron chi connectivity index (χ3n) is 2.82. The minimum atomic E-state index is -3.90. The summed E-state index contributed by atoms with van der Waals surface area (Å²) in [4.78, 5) is 3.65. The molecule has 0 fully saturated rings. The lowest BCUT2D eigenvalue weighted by atomic mass is 10.2. The predicted octanol–water partition coefficient (Wildman–Crippen LogP) is 1.84. The average molecular weight is 295 g/mol. The van der Waals surface area contributed by atoms with Crippen molar-refractivity contribution in [3.63, 3.8) is 0 Å². The molecule has 0 bridgehead atoms. The fraction of sp³-hybridized carbons (Fsp3) is 0.154. The molecule has 0 spiro atoms. The van der Waals surface area contributed by atoms with Gasteiger partial charge in [-0.1, -0.05) is 12.1 Å². The van der Waals surface area contributed by atoms with Crippen molar-refractivity contribution >= 4 is 15.7 Å². The molecule has 0 aliphatic heterocycles. The summed E-state index contributed by atoms with van der Waals surface area (Å²) < 4.78 is 40.2. The Hall–Kier alpha value is -1.99. The predicted molar refractivity (Wildman–Crippen MR) is 73.8 cm³/mol. The molecule has 2 rings (SSSR count). The maximum atomic E-state index is 13.3. The third-order valence-corrected chi connectivity index (χ3v) is 4.42. The number of anilines is 1. The molecule has 0 aliphatic carbocycles. The van der Waals surface area contributed by atoms with Crippen molar-refractivity contribution in [2.75, 3.05) is 5.73 Å². The molecule has 5 nitrogen and oxygen atoms in total. The summed E-state index contributed by atoms with van der Waals surface area (Å²) in [6.45, 7) is 1.67. The van der Waals surface area contributed by atoms with Crippen LogP contribution in [0.2, 0.25) is 0 Å². The molecule has 1 aromatic heterocycles. The van der Waals surface area contributed by atoms with Crippen LogP contribution in [0.4, 0.5) is 10.1 Å². The Bertz CT molecular complexity index is 705. The third kappa shape index (κ3) is 2.94. The van der Waals surface area contributed by atoms with Gasteiger partial charge in [0.25, 0.3) is 0 Å². The zero-order chi connectivity index (χ0) is 14.8. The molecule has 0 saturated heterocycles. The minimum Gasteiger partial charge on any atom is -0.395 e. The smallest absolute Gasteiger partial charge is 0.243 e. The Balaban J connectivity index is 2.30. The second kappa shape index (κ2) is 5.56. The van der Waals surface area contributed by atoms with E-state index in [1.165, 1.54) is 12.1 Å². The second-order valence-electron chi connectivity index (χ2n) is 4.28. The van der Waals surface area contributed by atoms with Crippen LogP contribution in [0.3, 0.4) is 0 Å². The molecule has 106 valence electrons. The average Bonchev–Trinajstić information content (AvgIpc) is 2.42. The maximum absolute atomic E-state index is 13.3. The first-order valence-electron chi connectivity index (χ1n) is 5.88. The van der Waals surface area contributed by atoms with E-state index in [4.69, 9.17) is 5.73 Å². The van der Waals surface area contributed by atoms with E-state index in [0.29, 0.717) is 5.56 Å². The van der Waals surface area contributed by atoms with Crippen LogP contribution in [0.1, 0.15) is 18.5 Å². The van der Waals surface area contributed by atoms with Crippen LogP contribution in [0.15, 0.2) is 47.6 Å². The molecule has 0 aliphatic rings. The summed E-state index contributed by atoms with van der Waals surface area (Å²) >= 11 is 0. The molecule has 1 unspecified atom stereocenters. The highest BCUT2D eigenvalue weighted by Crippen LogP contribution is 2.23. The van der Waals surface area contributed by atoms with Crippen molar-refractivity contribution in [3.8, 4) is 0 Å². The van der Waals surface area contributed by atoms with Gasteiger partial charge in [0.05, 0.1) is 5.69 Å². The number of sulfonamides is 1. The summed E-state index contributed by atoms with van der Waals surface area (Å²) in [5.41, 5.74) is 5.79. The van der Waals surface area contributed by atoms with Gasteiger partial charge in [0.15, 0.2) is 0 Å². The van der Waals surface area contributed by atoms with Crippen LogP contribution in [-0.2, 0) is 10.0 Å². The highest BCUT2D eigenvalue weighted by Gasteiger charge is 2.22. The normalized spacial score (nSPS) is 13.1. The number of nitrogens with one attached hydrogen (secondary N) is 1. The van der Waals surface area contributed by atoms with Crippen molar-refractivity contribution in [2.24, 2.45) is 0 Å². The standard InChI is InChI=1S/C13H14FN3O2S/c1-9(10-4-3-7-16-8-10)17-20(18,19)12-6-2-5-11(14)13(12)15/h2-9,17H,15H2,1H3. The van der Waals surface area contributed by atoms with Crippen LogP contribution < -0.4 is 10.5 Å². The van der Waals surface area contributed by atoms with Gasteiger partial charge in [0, 0.05) is 18.4 Å². The number of benzene rings is 1. The Morgan fingerprint density at radius 2 is 2.05 bits per heavy atom. The zero-order valence-electron chi connectivity index (χ0n) is 10.7. The summed E-state index contributed by atoms with van der Waals surface area (Å²) in [6.07, 6.45) is 3.15. The van der Waals surface area contributed by atoms with Crippen LogP contribution in [-0.4, -0.2) is 13.4 Å². The number of para-hydroxylation sites is 1. The van der Waals surface area contributed by atoms with Gasteiger partial charge in [-0.3, -0.25) is 4.98 Å². The lowest BCUT2D eigenvalue weighted by Gasteiger charge is -2.15. The molecule has 0 radical (unpaired) electrons. The second-order valence-corrected chi connectivity index (χ2v) is 5.96. The minimum absolute atomic E-state index is 0.270. The van der Waals surface area contributed by atoms with Gasteiger partial charge in [0.1, 0.15) is 10.7 Å². The van der Waals surface area contributed by atoms with Crippen molar-refractivity contribution < 1.29 is 12.8 Å². The molecule has 7 heteroatoms. The first kappa shape index (κ1) is 14.4. The molecule has 2 aromatic rings. The number of nitrogen functional groups attached to an aromatic ring is 1. The molecule has 3 N–H and O–H groups in total. The number of nitrogens with zero attached hydrogens (tertiary/aromatic N) is 1. The van der Waals surface area contributed by atoms with Crippen molar-refractivity contribution in [3.05, 3.63) is 54.1 Å². The lowest BCUT2D eigenvalue weighted by Crippen LogP contribution is -2.27. The molecule has 0 saturated carbocycles. The molecule has 1 atom stereocenters. The van der Waals surface area contributed by atoms with Gasteiger partial charge < -0.3 is 5.73 Å². The number of hydrogen-bond acceptors (Lipinski definition) is 4. The molecule has 1 aromatic carbocycles. The van der Waals surface area contributed by atoms with Gasteiger partial charge in [-0.25, -0.2) is 17.5 Å². The van der Waals surface area contributed by atoms with Crippen LogP contribution in [0.25, 0.3) is 0 Å². The van der Waals surface area contributed by atoms with Gasteiger partial charge in [-0.05, 0) is 30.7 Å². The first-order chi connectivity index (χ1) is 9.42. The summed E-state index contributed by atoms with van der Waals surface area (Å²) in [7, 11) is -3.90. The largest absolute Gasteiger partial charge is 0.395 e. The zero-order valence-corrected chi connectivity index (χ0v) is 11.6. The number of pyridine rings is 1. The van der Waals surface area contributed by atoms with E-state index in [9.17, 15) is 12.8 Å². The van der Waals surface area contributed by atoms with Crippen molar-refractivity contribution in [1.82, 2.24) is 9.71 Å². The van der Waals surface area contributed by atoms with Crippen LogP contribution in [0.5, 0.6) is 0 Å². The van der Waals surface area contributed by atoms with E-state index in [1.807, 2.05) is 0 Å². The summed E-state index contributed by atoms with van der Waals surface area (Å²) in [6, 6.07) is 6.62. The fourth-order valence-corrected chi connectivity index (χ4v) is 3.12. The number of hydrogen-bond donors (Lipinski definition) is 2. The van der Waals surface area contributed by atoms with Gasteiger partial charge in [-0.2, -0.15) is 0 Å². The lowest BCUT2D eigenvalue weighted by molar-refractivity contribution is 0.565. The Morgan fingerprint density at radius 3 is 2.70 bits per heavy atom. The Kier molecular flexibility index (Phi) is 4.01. The van der Waals surface area contributed by atoms with Crippen LogP contribution >= 0.6 is 0 Å². The number of nitrogens with two attached hydrogens (primary N) is 1. The molecular formula is C13H14FN3O2S. The maximum Gasteiger partial charge on any atom is 0.243 e. The summed E-state index contributed by atoms with van der Waals surface area (Å²) in [5, 5.41) is 0. The van der Waals surface area contributed by atoms with Gasteiger partial charge in [0.2, 0.25) is 10.0 Å². The Labute approximate surface area is 116 Å². The molecular weight excluding hydrogens is 281 g/mol. The van der Waals surface area contributed by atoms with E-state index in [1.54, 1.807) is 31.5 Å². The van der Waals surface area contributed by atoms with E-state index in [0.717, 1.165) is 6.07 Å². The fourth-order valence-electron chi connectivity index (χ4n) is 1.75. The molecule has 0 amide bonds. The molecule has 20 heavy (non-hydrogen) atoms. The van der Waals surface area contributed by atoms with E-state index < -0.39 is 27.6 Å².